The van der Waals surface area contributed by atoms with Crippen molar-refractivity contribution in [1.29, 1.82) is 0 Å². The van der Waals surface area contributed by atoms with E-state index in [1.54, 1.807) is 0 Å². The lowest BCUT2D eigenvalue weighted by Gasteiger charge is -2.31. The number of carbonyl (C=O) groups is 2. The normalized spacial score (nSPS) is 16.7. The van der Waals surface area contributed by atoms with Gasteiger partial charge in [0.1, 0.15) is 0 Å². The van der Waals surface area contributed by atoms with Crippen LogP contribution in [0.2, 0.25) is 0 Å². The number of amides is 1. The van der Waals surface area contributed by atoms with Crippen molar-refractivity contribution in [3.63, 3.8) is 0 Å². The van der Waals surface area contributed by atoms with E-state index < -0.39 is 11.5 Å². The number of hydrogen-bond donors (Lipinski definition) is 2. The van der Waals surface area contributed by atoms with Gasteiger partial charge in [-0.05, 0) is 44.4 Å². The van der Waals surface area contributed by atoms with Crippen molar-refractivity contribution in [2.24, 2.45) is 5.92 Å². The maximum absolute atomic E-state index is 12.1. The molecule has 0 saturated carbocycles. The molecular weight excluding hydrogens is 270 g/mol. The van der Waals surface area contributed by atoms with Crippen LogP contribution in [0.4, 0.5) is 0 Å². The van der Waals surface area contributed by atoms with Crippen LogP contribution in [-0.4, -0.2) is 35.7 Å². The Morgan fingerprint density at radius 1 is 1.24 bits per heavy atom. The quantitative estimate of drug-likeness (QED) is 0.686. The third-order valence-corrected chi connectivity index (χ3v) is 4.60. The molecule has 0 unspecified atom stereocenters. The number of hydrogen-bond acceptors (Lipinski definition) is 3. The molecule has 0 aromatic heterocycles. The van der Waals surface area contributed by atoms with Crippen LogP contribution < -0.4 is 5.32 Å². The van der Waals surface area contributed by atoms with Crippen LogP contribution in [0.15, 0.2) is 0 Å². The number of carboxylic acids is 1. The van der Waals surface area contributed by atoms with Gasteiger partial charge in [-0.3, -0.25) is 9.59 Å². The van der Waals surface area contributed by atoms with Crippen molar-refractivity contribution in [1.82, 2.24) is 5.32 Å². The van der Waals surface area contributed by atoms with Gasteiger partial charge in [0.05, 0.1) is 6.42 Å². The second-order valence-electron chi connectivity index (χ2n) is 6.05. The van der Waals surface area contributed by atoms with E-state index in [1.165, 1.54) is 0 Å². The van der Waals surface area contributed by atoms with E-state index in [0.29, 0.717) is 25.2 Å². The third kappa shape index (κ3) is 6.46. The van der Waals surface area contributed by atoms with E-state index >= 15 is 0 Å². The maximum Gasteiger partial charge on any atom is 0.305 e. The van der Waals surface area contributed by atoms with E-state index in [0.717, 1.165) is 38.9 Å². The summed E-state index contributed by atoms with van der Waals surface area (Å²) < 4.78 is 5.32. The second kappa shape index (κ2) is 9.03. The van der Waals surface area contributed by atoms with Crippen LogP contribution >= 0.6 is 0 Å². The van der Waals surface area contributed by atoms with Gasteiger partial charge in [-0.15, -0.1) is 0 Å². The highest BCUT2D eigenvalue weighted by Crippen LogP contribution is 2.22. The van der Waals surface area contributed by atoms with Gasteiger partial charge in [0.2, 0.25) is 5.91 Å². The van der Waals surface area contributed by atoms with Crippen molar-refractivity contribution in [2.75, 3.05) is 13.2 Å². The van der Waals surface area contributed by atoms with Gasteiger partial charge in [-0.1, -0.05) is 13.8 Å². The number of carboxylic acid groups (broad SMARTS) is 1. The number of aliphatic carboxylic acids is 1. The van der Waals surface area contributed by atoms with E-state index in [1.807, 2.05) is 13.8 Å². The summed E-state index contributed by atoms with van der Waals surface area (Å²) in [4.78, 5) is 23.0. The molecule has 5 heteroatoms. The van der Waals surface area contributed by atoms with Crippen molar-refractivity contribution < 1.29 is 19.4 Å². The lowest BCUT2D eigenvalue weighted by molar-refractivity contribution is -0.139. The molecule has 5 nitrogen and oxygen atoms in total. The summed E-state index contributed by atoms with van der Waals surface area (Å²) in [7, 11) is 0. The maximum atomic E-state index is 12.1. The molecule has 1 rings (SSSR count). The van der Waals surface area contributed by atoms with Crippen LogP contribution in [0.5, 0.6) is 0 Å². The molecule has 1 fully saturated rings. The summed E-state index contributed by atoms with van der Waals surface area (Å²) in [5.74, 6) is -0.208. The fraction of sp³-hybridized carbons (Fsp3) is 0.875. The Hall–Kier alpha value is -1.10. The zero-order valence-electron chi connectivity index (χ0n) is 13.3. The molecule has 0 atom stereocenters. The number of rotatable bonds is 9. The topological polar surface area (TPSA) is 75.6 Å². The summed E-state index contributed by atoms with van der Waals surface area (Å²) in [5, 5.41) is 12.0. The number of ether oxygens (including phenoxy) is 1. The van der Waals surface area contributed by atoms with Crippen molar-refractivity contribution in [2.45, 2.75) is 70.8 Å². The minimum Gasteiger partial charge on any atom is -0.481 e. The first-order chi connectivity index (χ1) is 10.0. The van der Waals surface area contributed by atoms with E-state index in [9.17, 15) is 9.59 Å². The van der Waals surface area contributed by atoms with E-state index in [2.05, 4.69) is 5.32 Å². The molecule has 1 aliphatic rings. The second-order valence-corrected chi connectivity index (χ2v) is 6.05. The smallest absolute Gasteiger partial charge is 0.305 e. The predicted octanol–water partition coefficient (Wildman–Crippen LogP) is 2.73. The molecule has 21 heavy (non-hydrogen) atoms. The van der Waals surface area contributed by atoms with Crippen molar-refractivity contribution >= 4 is 11.9 Å². The SMILES string of the molecule is CCC(CC)(CC(=O)O)NC(=O)CCCC1CCOCC1. The first kappa shape index (κ1) is 18.0. The Morgan fingerprint density at radius 2 is 1.86 bits per heavy atom. The molecule has 0 spiro atoms. The average Bonchev–Trinajstić information content (AvgIpc) is 2.47. The summed E-state index contributed by atoms with van der Waals surface area (Å²) in [6, 6.07) is 0. The molecule has 0 radical (unpaired) electrons. The lowest BCUT2D eigenvalue weighted by Crippen LogP contribution is -2.49. The molecule has 2 N–H and O–H groups in total. The fourth-order valence-electron chi connectivity index (χ4n) is 2.96. The Labute approximate surface area is 127 Å². The molecule has 122 valence electrons. The Bertz CT molecular complexity index is 333. The third-order valence-electron chi connectivity index (χ3n) is 4.60. The minimum atomic E-state index is -0.860. The Kier molecular flexibility index (Phi) is 7.72. The van der Waals surface area contributed by atoms with Crippen LogP contribution in [0, 0.1) is 5.92 Å². The van der Waals surface area contributed by atoms with Crippen LogP contribution in [0.25, 0.3) is 0 Å². The molecule has 1 saturated heterocycles. The number of nitrogens with one attached hydrogen (secondary N) is 1. The summed E-state index contributed by atoms with van der Waals surface area (Å²) in [5.41, 5.74) is -0.596. The average molecular weight is 299 g/mol. The first-order valence-corrected chi connectivity index (χ1v) is 8.12. The van der Waals surface area contributed by atoms with Gasteiger partial charge in [0.15, 0.2) is 0 Å². The summed E-state index contributed by atoms with van der Waals surface area (Å²) in [6.07, 6.45) is 5.87. The molecule has 1 amide bonds. The van der Waals surface area contributed by atoms with Gasteiger partial charge in [0.25, 0.3) is 0 Å². The van der Waals surface area contributed by atoms with E-state index in [-0.39, 0.29) is 12.3 Å². The zero-order chi connectivity index (χ0) is 15.7. The van der Waals surface area contributed by atoms with Gasteiger partial charge in [0, 0.05) is 25.2 Å². The zero-order valence-corrected chi connectivity index (χ0v) is 13.3. The van der Waals surface area contributed by atoms with Crippen molar-refractivity contribution in [3.05, 3.63) is 0 Å². The predicted molar refractivity (Wildman–Crippen MR) is 81.1 cm³/mol. The minimum absolute atomic E-state index is 0.00823. The van der Waals surface area contributed by atoms with E-state index in [4.69, 9.17) is 9.84 Å². The lowest BCUT2D eigenvalue weighted by atomic mass is 9.88. The summed E-state index contributed by atoms with van der Waals surface area (Å²) in [6.45, 7) is 5.53. The molecule has 1 heterocycles. The molecular formula is C16H29NO4. The van der Waals surface area contributed by atoms with Crippen LogP contribution in [-0.2, 0) is 14.3 Å². The monoisotopic (exact) mass is 299 g/mol. The van der Waals surface area contributed by atoms with Gasteiger partial charge >= 0.3 is 5.97 Å². The standard InChI is InChI=1S/C16H29NO4/c1-3-16(4-2,12-15(19)20)17-14(18)7-5-6-13-8-10-21-11-9-13/h13H,3-12H2,1-2H3,(H,17,18)(H,19,20). The summed E-state index contributed by atoms with van der Waals surface area (Å²) >= 11 is 0. The molecule has 0 aliphatic carbocycles. The fourth-order valence-corrected chi connectivity index (χ4v) is 2.96. The van der Waals surface area contributed by atoms with Gasteiger partial charge in [-0.2, -0.15) is 0 Å². The van der Waals surface area contributed by atoms with Gasteiger partial charge < -0.3 is 15.2 Å². The first-order valence-electron chi connectivity index (χ1n) is 8.12. The highest BCUT2D eigenvalue weighted by atomic mass is 16.5. The van der Waals surface area contributed by atoms with Crippen LogP contribution in [0.1, 0.15) is 65.2 Å². The molecule has 1 aliphatic heterocycles. The molecule has 0 bridgehead atoms. The van der Waals surface area contributed by atoms with Crippen LogP contribution in [0.3, 0.4) is 0 Å². The van der Waals surface area contributed by atoms with Crippen molar-refractivity contribution in [3.8, 4) is 0 Å². The Morgan fingerprint density at radius 3 is 2.38 bits per heavy atom. The largest absolute Gasteiger partial charge is 0.481 e. The molecule has 0 aromatic rings. The number of carbonyl (C=O) groups excluding carboxylic acids is 1. The Balaban J connectivity index is 2.34. The highest BCUT2D eigenvalue weighted by molar-refractivity contribution is 5.78. The van der Waals surface area contributed by atoms with Gasteiger partial charge in [-0.25, -0.2) is 0 Å². The molecule has 0 aromatic carbocycles. The highest BCUT2D eigenvalue weighted by Gasteiger charge is 2.30.